The Labute approximate surface area is 205 Å². The number of fused-ring (bicyclic) bond motifs is 1. The number of hydrogen-bond donors (Lipinski definition) is 2. The summed E-state index contributed by atoms with van der Waals surface area (Å²) in [4.78, 5) is -0.118. The molecule has 3 rings (SSSR count). The summed E-state index contributed by atoms with van der Waals surface area (Å²) in [6, 6.07) is 20.6. The minimum atomic E-state index is -4.20. The summed E-state index contributed by atoms with van der Waals surface area (Å²) in [6.45, 7) is 12.2. The van der Waals surface area contributed by atoms with Crippen LogP contribution in [0.4, 0.5) is 5.69 Å². The van der Waals surface area contributed by atoms with E-state index >= 15 is 0 Å². The Kier molecular flexibility index (Phi) is 11.0. The summed E-state index contributed by atoms with van der Waals surface area (Å²) in [6.07, 6.45) is 6.63. The molecular weight excluding hydrogens is 444 g/mol. The molecule has 5 nitrogen and oxygen atoms in total. The maximum Gasteiger partial charge on any atom is 0.295 e. The SMILES string of the molecule is CCCC[N+](CCC)(CCCC)Cc1ccccc1.Nc1ccc(S(=O)(=O)O)c2ccccc12. The molecule has 0 saturated heterocycles. The minimum absolute atomic E-state index is 0.118. The summed E-state index contributed by atoms with van der Waals surface area (Å²) in [5, 5.41) is 1.05. The van der Waals surface area contributed by atoms with Crippen LogP contribution < -0.4 is 5.73 Å². The minimum Gasteiger partial charge on any atom is -0.398 e. The largest absolute Gasteiger partial charge is 0.398 e. The van der Waals surface area contributed by atoms with Gasteiger partial charge in [-0.25, -0.2) is 0 Å². The highest BCUT2D eigenvalue weighted by molar-refractivity contribution is 7.86. The van der Waals surface area contributed by atoms with E-state index in [0.717, 1.165) is 0 Å². The van der Waals surface area contributed by atoms with Gasteiger partial charge in [0.15, 0.2) is 0 Å². The van der Waals surface area contributed by atoms with Gasteiger partial charge in [0.2, 0.25) is 0 Å². The van der Waals surface area contributed by atoms with E-state index in [0.29, 0.717) is 16.5 Å². The van der Waals surface area contributed by atoms with Crippen molar-refractivity contribution in [2.45, 2.75) is 64.3 Å². The number of anilines is 1. The third kappa shape index (κ3) is 8.12. The van der Waals surface area contributed by atoms with Crippen molar-refractivity contribution in [2.75, 3.05) is 25.4 Å². The fourth-order valence-electron chi connectivity index (χ4n) is 4.52. The molecule has 0 aliphatic rings. The van der Waals surface area contributed by atoms with E-state index in [9.17, 15) is 8.42 Å². The fraction of sp³-hybridized carbons (Fsp3) is 0.429. The summed E-state index contributed by atoms with van der Waals surface area (Å²) in [7, 11) is -4.20. The Bertz CT molecular complexity index is 1110. The van der Waals surface area contributed by atoms with Crippen LogP contribution in [0, 0.1) is 0 Å². The second-order valence-corrected chi connectivity index (χ2v) is 10.4. The van der Waals surface area contributed by atoms with Crippen molar-refractivity contribution in [1.29, 1.82) is 0 Å². The van der Waals surface area contributed by atoms with Crippen LogP contribution in [0.5, 0.6) is 0 Å². The summed E-state index contributed by atoms with van der Waals surface area (Å²) < 4.78 is 32.4. The second kappa shape index (κ2) is 13.5. The van der Waals surface area contributed by atoms with Crippen LogP contribution in [-0.4, -0.2) is 37.1 Å². The Morgan fingerprint density at radius 1 is 0.735 bits per heavy atom. The molecular formula is C28H41N2O3S+. The first kappa shape index (κ1) is 27.8. The first-order chi connectivity index (χ1) is 16.3. The van der Waals surface area contributed by atoms with Crippen molar-refractivity contribution < 1.29 is 17.5 Å². The molecule has 3 N–H and O–H groups in total. The predicted octanol–water partition coefficient (Wildman–Crippen LogP) is 6.68. The van der Waals surface area contributed by atoms with Gasteiger partial charge >= 0.3 is 0 Å². The van der Waals surface area contributed by atoms with Crippen molar-refractivity contribution >= 4 is 26.6 Å². The summed E-state index contributed by atoms with van der Waals surface area (Å²) in [5.74, 6) is 0. The molecule has 0 aliphatic carbocycles. The first-order valence-corrected chi connectivity index (χ1v) is 13.8. The first-order valence-electron chi connectivity index (χ1n) is 12.4. The fourth-order valence-corrected chi connectivity index (χ4v) is 5.22. The Morgan fingerprint density at radius 3 is 1.82 bits per heavy atom. The van der Waals surface area contributed by atoms with Gasteiger partial charge in [0, 0.05) is 22.0 Å². The molecule has 0 bridgehead atoms. The number of benzene rings is 3. The van der Waals surface area contributed by atoms with Gasteiger partial charge in [-0.3, -0.25) is 4.55 Å². The van der Waals surface area contributed by atoms with Crippen LogP contribution in [-0.2, 0) is 16.7 Å². The van der Waals surface area contributed by atoms with Crippen molar-refractivity contribution in [3.63, 3.8) is 0 Å². The maximum atomic E-state index is 11.1. The number of nitrogen functional groups attached to an aromatic ring is 1. The van der Waals surface area contributed by atoms with E-state index in [1.807, 2.05) is 0 Å². The van der Waals surface area contributed by atoms with Gasteiger partial charge in [0.25, 0.3) is 10.1 Å². The molecule has 3 aromatic carbocycles. The molecule has 0 unspecified atom stereocenters. The third-order valence-corrected chi connectivity index (χ3v) is 7.14. The van der Waals surface area contributed by atoms with Crippen LogP contribution in [0.25, 0.3) is 10.8 Å². The highest BCUT2D eigenvalue weighted by Crippen LogP contribution is 2.27. The highest BCUT2D eigenvalue weighted by Gasteiger charge is 2.25. The molecule has 3 aromatic rings. The Balaban J connectivity index is 0.000000246. The van der Waals surface area contributed by atoms with Crippen molar-refractivity contribution in [1.82, 2.24) is 0 Å². The molecule has 0 aliphatic heterocycles. The number of nitrogens with zero attached hydrogens (tertiary/aromatic N) is 1. The smallest absolute Gasteiger partial charge is 0.295 e. The Hall–Kier alpha value is -2.41. The maximum absolute atomic E-state index is 11.1. The van der Waals surface area contributed by atoms with Crippen LogP contribution >= 0.6 is 0 Å². The van der Waals surface area contributed by atoms with Crippen LogP contribution in [0.15, 0.2) is 71.6 Å². The molecule has 186 valence electrons. The average molecular weight is 486 g/mol. The third-order valence-electron chi connectivity index (χ3n) is 6.23. The molecule has 0 fully saturated rings. The van der Waals surface area contributed by atoms with Gasteiger partial charge in [-0.15, -0.1) is 0 Å². The van der Waals surface area contributed by atoms with Gasteiger partial charge in [-0.2, -0.15) is 8.42 Å². The topological polar surface area (TPSA) is 80.4 Å². The summed E-state index contributed by atoms with van der Waals surface area (Å²) >= 11 is 0. The van der Waals surface area contributed by atoms with E-state index in [-0.39, 0.29) is 4.90 Å². The zero-order valence-electron chi connectivity index (χ0n) is 20.9. The molecule has 0 saturated carbocycles. The number of nitrogens with two attached hydrogens (primary N) is 1. The standard InChI is InChI=1S/C18H32N.C10H9NO3S/c1-4-7-15-19(14-6-3,16-8-5-2)17-18-12-10-9-11-13-18;11-9-5-6-10(15(12,13)14)8-4-2-1-3-7(8)9/h9-13H,4-8,14-17H2,1-3H3;1-6H,11H2,(H,12,13,14)/q+1;. The molecule has 34 heavy (non-hydrogen) atoms. The van der Waals surface area contributed by atoms with Crippen molar-refractivity contribution in [2.24, 2.45) is 0 Å². The van der Waals surface area contributed by atoms with Gasteiger partial charge in [0.1, 0.15) is 11.4 Å². The zero-order chi connectivity index (χ0) is 25.0. The highest BCUT2D eigenvalue weighted by atomic mass is 32.2. The number of rotatable bonds is 11. The van der Waals surface area contributed by atoms with Gasteiger partial charge in [-0.1, -0.05) is 88.2 Å². The molecule has 0 aromatic heterocycles. The normalized spacial score (nSPS) is 11.8. The van der Waals surface area contributed by atoms with E-state index in [1.54, 1.807) is 24.3 Å². The number of hydrogen-bond acceptors (Lipinski definition) is 3. The van der Waals surface area contributed by atoms with Gasteiger partial charge < -0.3 is 10.2 Å². The quantitative estimate of drug-likeness (QED) is 0.180. The molecule has 0 radical (unpaired) electrons. The van der Waals surface area contributed by atoms with Gasteiger partial charge in [-0.05, 0) is 31.4 Å². The average Bonchev–Trinajstić information content (AvgIpc) is 2.82. The zero-order valence-corrected chi connectivity index (χ0v) is 21.7. The molecule has 0 spiro atoms. The number of quaternary nitrogens is 1. The van der Waals surface area contributed by atoms with E-state index < -0.39 is 10.1 Å². The predicted molar refractivity (Wildman–Crippen MR) is 143 cm³/mol. The van der Waals surface area contributed by atoms with Crippen molar-refractivity contribution in [3.05, 3.63) is 72.3 Å². The van der Waals surface area contributed by atoms with E-state index in [2.05, 4.69) is 51.1 Å². The molecule has 0 heterocycles. The lowest BCUT2D eigenvalue weighted by Gasteiger charge is -2.39. The van der Waals surface area contributed by atoms with E-state index in [4.69, 9.17) is 10.3 Å². The van der Waals surface area contributed by atoms with Gasteiger partial charge in [0.05, 0.1) is 19.6 Å². The Morgan fingerprint density at radius 2 is 1.29 bits per heavy atom. The lowest BCUT2D eigenvalue weighted by molar-refractivity contribution is -0.941. The molecule has 0 atom stereocenters. The second-order valence-electron chi connectivity index (χ2n) is 9.04. The van der Waals surface area contributed by atoms with E-state index in [1.165, 1.54) is 80.5 Å². The summed E-state index contributed by atoms with van der Waals surface area (Å²) in [5.41, 5.74) is 7.68. The lowest BCUT2D eigenvalue weighted by atomic mass is 10.1. The molecule has 0 amide bonds. The molecule has 6 heteroatoms. The van der Waals surface area contributed by atoms with Crippen LogP contribution in [0.2, 0.25) is 0 Å². The lowest BCUT2D eigenvalue weighted by Crippen LogP contribution is -2.49. The van der Waals surface area contributed by atoms with Crippen LogP contribution in [0.3, 0.4) is 0 Å². The number of unbranched alkanes of at least 4 members (excludes halogenated alkanes) is 2. The van der Waals surface area contributed by atoms with Crippen molar-refractivity contribution in [3.8, 4) is 0 Å². The van der Waals surface area contributed by atoms with Crippen LogP contribution in [0.1, 0.15) is 58.4 Å². The monoisotopic (exact) mass is 485 g/mol.